The molecule has 0 aliphatic carbocycles. The van der Waals surface area contributed by atoms with Gasteiger partial charge in [-0.2, -0.15) is 0 Å². The minimum atomic E-state index is -0.422. The molecule has 0 nitrogen and oxygen atoms in total. The van der Waals surface area contributed by atoms with Crippen molar-refractivity contribution in [1.82, 2.24) is 0 Å². The zero-order valence-electron chi connectivity index (χ0n) is 3.76. The topological polar surface area (TPSA) is 0 Å². The zero-order chi connectivity index (χ0) is 5.11. The van der Waals surface area contributed by atoms with Crippen LogP contribution in [0.2, 0.25) is 0 Å². The number of hydrogen-bond donors (Lipinski definition) is 0. The van der Waals surface area contributed by atoms with Crippen LogP contribution in [0.4, 0.5) is 0 Å². The maximum atomic E-state index is 5.62. The molecule has 0 atom stereocenters. The Morgan fingerprint density at radius 3 is 2.71 bits per heavy atom. The molecule has 0 saturated carbocycles. The van der Waals surface area contributed by atoms with E-state index in [1.165, 1.54) is 0 Å². The van der Waals surface area contributed by atoms with Crippen molar-refractivity contribution in [2.24, 2.45) is 0 Å². The van der Waals surface area contributed by atoms with Gasteiger partial charge in [-0.25, -0.2) is 0 Å². The van der Waals surface area contributed by atoms with E-state index >= 15 is 0 Å². The summed E-state index contributed by atoms with van der Waals surface area (Å²) in [5.74, 6) is 0. The van der Waals surface area contributed by atoms with Crippen molar-refractivity contribution in [3.05, 3.63) is 21.0 Å². The first kappa shape index (κ1) is 5.64. The summed E-state index contributed by atoms with van der Waals surface area (Å²) in [6.07, 6.45) is 3.97. The van der Waals surface area contributed by atoms with Crippen molar-refractivity contribution < 1.29 is 0 Å². The van der Waals surface area contributed by atoms with E-state index in [1.807, 2.05) is 12.2 Å². The average molecular weight is 214 g/mol. The Bertz CT molecular complexity index is 144. The molecule has 0 amide bonds. The van der Waals surface area contributed by atoms with E-state index in [4.69, 9.17) is 11.6 Å². The van der Waals surface area contributed by atoms with Gasteiger partial charge in [-0.15, -0.1) is 0 Å². The van der Waals surface area contributed by atoms with E-state index in [0.717, 1.165) is 5.03 Å². The molecule has 34 valence electrons. The van der Waals surface area contributed by atoms with E-state index < -0.39 is 22.4 Å². The van der Waals surface area contributed by atoms with Gasteiger partial charge in [0.05, 0.1) is 0 Å². The normalized spacial score (nSPS) is 15.9. The fraction of sp³-hybridized carbons (Fsp3) is 0. The summed E-state index contributed by atoms with van der Waals surface area (Å²) in [4.78, 5) is 0. The number of allylic oxidation sites excluding steroid dienone is 3. The van der Waals surface area contributed by atoms with Gasteiger partial charge in [0.25, 0.3) is 0 Å². The summed E-state index contributed by atoms with van der Waals surface area (Å²) in [6, 6.07) is 0. The van der Waals surface area contributed by atoms with Crippen LogP contribution in [-0.4, -0.2) is 26.2 Å². The average Bonchev–Trinajstić information content (AvgIpc) is 1.69. The van der Waals surface area contributed by atoms with E-state index in [1.54, 1.807) is 0 Å². The van der Waals surface area contributed by atoms with Crippen LogP contribution in [0, 0.1) is 0 Å². The van der Waals surface area contributed by atoms with Gasteiger partial charge in [-0.1, -0.05) is 0 Å². The SMILES string of the molecule is ClC1=[CH][In]=[CH]C=C1. The maximum absolute atomic E-state index is 5.62. The third-order valence-corrected chi connectivity index (χ3v) is 4.43. The molecular weight excluding hydrogens is 210 g/mol. The first-order chi connectivity index (χ1) is 3.39. The van der Waals surface area contributed by atoms with E-state index in [9.17, 15) is 0 Å². The molecule has 0 aromatic rings. The molecule has 0 N–H and O–H groups in total. The molecule has 0 bridgehead atoms. The summed E-state index contributed by atoms with van der Waals surface area (Å²) in [6.45, 7) is 0. The first-order valence-corrected chi connectivity index (χ1v) is 6.28. The molecule has 1 aliphatic heterocycles. The standard InChI is InChI=1S/C5H4Cl.In/c1-3-4-5(2)6;/h1-4H;. The number of hydrogen-bond acceptors (Lipinski definition) is 0. The first-order valence-electron chi connectivity index (χ1n) is 2.10. The summed E-state index contributed by atoms with van der Waals surface area (Å²) in [7, 11) is 0. The van der Waals surface area contributed by atoms with Gasteiger partial charge in [-0.3, -0.25) is 0 Å². The van der Waals surface area contributed by atoms with Crippen LogP contribution in [0.1, 0.15) is 0 Å². The second-order valence-corrected chi connectivity index (χ2v) is 4.88. The number of halogens is 1. The van der Waals surface area contributed by atoms with E-state index in [2.05, 4.69) is 7.59 Å². The monoisotopic (exact) mass is 214 g/mol. The fourth-order valence-electron chi connectivity index (χ4n) is 0.415. The summed E-state index contributed by atoms with van der Waals surface area (Å²) < 4.78 is 4.42. The van der Waals surface area contributed by atoms with Crippen LogP contribution in [0.3, 0.4) is 0 Å². The molecule has 1 heterocycles. The van der Waals surface area contributed by atoms with Gasteiger partial charge in [0, 0.05) is 0 Å². The van der Waals surface area contributed by atoms with E-state index in [-0.39, 0.29) is 0 Å². The quantitative estimate of drug-likeness (QED) is 0.567. The molecule has 0 aromatic carbocycles. The van der Waals surface area contributed by atoms with Gasteiger partial charge in [0.2, 0.25) is 0 Å². The van der Waals surface area contributed by atoms with Crippen LogP contribution in [0.15, 0.2) is 21.0 Å². The van der Waals surface area contributed by atoms with Gasteiger partial charge < -0.3 is 0 Å². The third-order valence-electron chi connectivity index (χ3n) is 0.733. The van der Waals surface area contributed by atoms with Crippen LogP contribution < -0.4 is 0 Å². The second-order valence-electron chi connectivity index (χ2n) is 1.30. The van der Waals surface area contributed by atoms with Crippen molar-refractivity contribution in [2.75, 3.05) is 0 Å². The molecular formula is C5H4ClIn. The van der Waals surface area contributed by atoms with Crippen LogP contribution >= 0.6 is 11.6 Å². The Balaban J connectivity index is 2.82. The molecule has 2 heteroatoms. The van der Waals surface area contributed by atoms with Crippen molar-refractivity contribution in [2.45, 2.75) is 0 Å². The Labute approximate surface area is 58.7 Å². The molecule has 0 saturated heterocycles. The van der Waals surface area contributed by atoms with Crippen LogP contribution in [0.5, 0.6) is 0 Å². The van der Waals surface area contributed by atoms with Crippen LogP contribution in [0.25, 0.3) is 0 Å². The summed E-state index contributed by atoms with van der Waals surface area (Å²) in [5.41, 5.74) is 0. The molecule has 7 heavy (non-hydrogen) atoms. The van der Waals surface area contributed by atoms with Gasteiger partial charge in [-0.05, 0) is 0 Å². The molecule has 0 radical (unpaired) electrons. The third kappa shape index (κ3) is 1.83. The summed E-state index contributed by atoms with van der Waals surface area (Å²) >= 11 is 5.20. The molecule has 1 rings (SSSR count). The van der Waals surface area contributed by atoms with Crippen LogP contribution in [-0.2, 0) is 0 Å². The molecule has 0 aromatic heterocycles. The predicted octanol–water partition coefficient (Wildman–Crippen LogP) is 1.14. The van der Waals surface area contributed by atoms with Crippen molar-refractivity contribution in [1.29, 1.82) is 0 Å². The predicted molar refractivity (Wildman–Crippen MR) is 34.9 cm³/mol. The zero-order valence-corrected chi connectivity index (χ0v) is 7.82. The van der Waals surface area contributed by atoms with Gasteiger partial charge in [0.15, 0.2) is 0 Å². The summed E-state index contributed by atoms with van der Waals surface area (Å²) in [5, 5.41) is 0.934. The molecule has 0 spiro atoms. The van der Waals surface area contributed by atoms with Crippen molar-refractivity contribution in [3.63, 3.8) is 0 Å². The Hall–Kier alpha value is 0.510. The fourth-order valence-corrected chi connectivity index (χ4v) is 2.82. The Kier molecular flexibility index (Phi) is 2.20. The minimum absolute atomic E-state index is 0.422. The molecule has 1 aliphatic rings. The Morgan fingerprint density at radius 1 is 1.57 bits per heavy atom. The number of rotatable bonds is 0. The van der Waals surface area contributed by atoms with Gasteiger partial charge >= 0.3 is 58.8 Å². The Morgan fingerprint density at radius 2 is 2.43 bits per heavy atom. The van der Waals surface area contributed by atoms with Crippen molar-refractivity contribution in [3.8, 4) is 0 Å². The molecule has 0 unspecified atom stereocenters. The van der Waals surface area contributed by atoms with Crippen molar-refractivity contribution >= 4 is 37.8 Å². The second kappa shape index (κ2) is 2.73. The molecule has 0 fully saturated rings. The van der Waals surface area contributed by atoms with E-state index in [0.29, 0.717) is 0 Å². The van der Waals surface area contributed by atoms with Gasteiger partial charge in [0.1, 0.15) is 0 Å².